The van der Waals surface area contributed by atoms with Gasteiger partial charge in [0.2, 0.25) is 11.9 Å². The molecule has 0 aliphatic carbocycles. The van der Waals surface area contributed by atoms with Crippen molar-refractivity contribution in [1.29, 1.82) is 0 Å². The van der Waals surface area contributed by atoms with Crippen molar-refractivity contribution in [3.05, 3.63) is 66.0 Å². The van der Waals surface area contributed by atoms with Gasteiger partial charge in [-0.25, -0.2) is 9.97 Å². The number of aliphatic hydroxyl groups excluding tert-OH is 1. The fraction of sp³-hybridized carbons (Fsp3) is 0.217. The lowest BCUT2D eigenvalue weighted by Gasteiger charge is -2.11. The Hall–Kier alpha value is -4.19. The number of halogens is 3. The van der Waals surface area contributed by atoms with Gasteiger partial charge in [0.1, 0.15) is 0 Å². The fourth-order valence-corrected chi connectivity index (χ4v) is 3.77. The summed E-state index contributed by atoms with van der Waals surface area (Å²) in [6.45, 7) is 0.408. The third kappa shape index (κ3) is 4.47. The van der Waals surface area contributed by atoms with Crippen molar-refractivity contribution in [3.8, 4) is 0 Å². The van der Waals surface area contributed by atoms with Crippen LogP contribution in [0.5, 0.6) is 0 Å². The SMILES string of the molecule is Cn1c(Nc2nc(NCCO)c3ncn(Cc4ccc(C(F)(F)F)cc4)c3n2)nc2ccccc21. The lowest BCUT2D eigenvalue weighted by Crippen LogP contribution is -2.11. The van der Waals surface area contributed by atoms with Crippen LogP contribution in [0.2, 0.25) is 0 Å². The maximum Gasteiger partial charge on any atom is 0.416 e. The van der Waals surface area contributed by atoms with E-state index in [0.717, 1.165) is 23.2 Å². The molecule has 0 aliphatic heterocycles. The molecule has 0 bridgehead atoms. The molecule has 35 heavy (non-hydrogen) atoms. The van der Waals surface area contributed by atoms with Crippen LogP contribution in [-0.4, -0.2) is 47.3 Å². The Labute approximate surface area is 197 Å². The number of aryl methyl sites for hydroxylation is 1. The number of anilines is 3. The topological polar surface area (TPSA) is 106 Å². The molecule has 9 nitrogen and oxygen atoms in total. The van der Waals surface area contributed by atoms with Gasteiger partial charge in [0.15, 0.2) is 17.0 Å². The zero-order valence-electron chi connectivity index (χ0n) is 18.6. The molecule has 0 amide bonds. The second-order valence-corrected chi connectivity index (χ2v) is 7.89. The van der Waals surface area contributed by atoms with Crippen molar-refractivity contribution in [2.45, 2.75) is 12.7 Å². The van der Waals surface area contributed by atoms with Crippen LogP contribution >= 0.6 is 0 Å². The van der Waals surface area contributed by atoms with Gasteiger partial charge in [0.05, 0.1) is 36.1 Å². The molecule has 0 unspecified atom stereocenters. The number of imidazole rings is 2. The molecule has 0 radical (unpaired) electrons. The number of fused-ring (bicyclic) bond motifs is 2. The van der Waals surface area contributed by atoms with Crippen molar-refractivity contribution < 1.29 is 18.3 Å². The summed E-state index contributed by atoms with van der Waals surface area (Å²) in [6.07, 6.45) is -2.84. The Morgan fingerprint density at radius 2 is 1.77 bits per heavy atom. The van der Waals surface area contributed by atoms with Crippen LogP contribution in [0.3, 0.4) is 0 Å². The van der Waals surface area contributed by atoms with Crippen molar-refractivity contribution in [3.63, 3.8) is 0 Å². The Morgan fingerprint density at radius 1 is 1.00 bits per heavy atom. The molecule has 180 valence electrons. The molecule has 3 aromatic heterocycles. The number of aromatic nitrogens is 6. The van der Waals surface area contributed by atoms with E-state index in [9.17, 15) is 18.3 Å². The number of para-hydroxylation sites is 2. The van der Waals surface area contributed by atoms with Crippen LogP contribution in [0, 0.1) is 0 Å². The van der Waals surface area contributed by atoms with Crippen LogP contribution in [0.4, 0.5) is 30.9 Å². The quantitative estimate of drug-likeness (QED) is 0.323. The smallest absolute Gasteiger partial charge is 0.395 e. The highest BCUT2D eigenvalue weighted by Crippen LogP contribution is 2.30. The van der Waals surface area contributed by atoms with Crippen LogP contribution in [0.15, 0.2) is 54.9 Å². The second-order valence-electron chi connectivity index (χ2n) is 7.89. The van der Waals surface area contributed by atoms with Crippen molar-refractivity contribution in [2.75, 3.05) is 23.8 Å². The number of hydrogen-bond acceptors (Lipinski definition) is 7. The van der Waals surface area contributed by atoms with Gasteiger partial charge in [-0.1, -0.05) is 24.3 Å². The van der Waals surface area contributed by atoms with Gasteiger partial charge in [-0.15, -0.1) is 0 Å². The molecular weight excluding hydrogens is 461 g/mol. The average Bonchev–Trinajstić information content (AvgIpc) is 3.38. The molecule has 3 N–H and O–H groups in total. The van der Waals surface area contributed by atoms with Gasteiger partial charge in [0, 0.05) is 13.6 Å². The van der Waals surface area contributed by atoms with Crippen LogP contribution in [0.1, 0.15) is 11.1 Å². The molecule has 0 spiro atoms. The summed E-state index contributed by atoms with van der Waals surface area (Å²) in [5.41, 5.74) is 2.64. The molecule has 0 fully saturated rings. The molecule has 0 atom stereocenters. The first kappa shape index (κ1) is 22.6. The monoisotopic (exact) mass is 482 g/mol. The average molecular weight is 482 g/mol. The minimum Gasteiger partial charge on any atom is -0.395 e. The number of aliphatic hydroxyl groups is 1. The van der Waals surface area contributed by atoms with E-state index in [1.807, 2.05) is 35.9 Å². The van der Waals surface area contributed by atoms with Gasteiger partial charge >= 0.3 is 6.18 Å². The number of hydrogen-bond donors (Lipinski definition) is 3. The van der Waals surface area contributed by atoms with E-state index < -0.39 is 11.7 Å². The first-order valence-electron chi connectivity index (χ1n) is 10.8. The van der Waals surface area contributed by atoms with E-state index in [0.29, 0.717) is 28.5 Å². The lowest BCUT2D eigenvalue weighted by atomic mass is 10.1. The number of nitrogens with zero attached hydrogens (tertiary/aromatic N) is 6. The minimum atomic E-state index is -4.39. The van der Waals surface area contributed by atoms with Gasteiger partial charge in [0.25, 0.3) is 0 Å². The van der Waals surface area contributed by atoms with Crippen molar-refractivity contribution >= 4 is 39.9 Å². The molecule has 5 rings (SSSR count). The largest absolute Gasteiger partial charge is 0.416 e. The molecule has 0 saturated heterocycles. The highest BCUT2D eigenvalue weighted by atomic mass is 19.4. The summed E-state index contributed by atoms with van der Waals surface area (Å²) in [6, 6.07) is 12.6. The van der Waals surface area contributed by atoms with E-state index >= 15 is 0 Å². The minimum absolute atomic E-state index is 0.106. The Bertz CT molecular complexity index is 1490. The lowest BCUT2D eigenvalue weighted by molar-refractivity contribution is -0.137. The summed E-state index contributed by atoms with van der Waals surface area (Å²) < 4.78 is 42.3. The standard InChI is InChI=1S/C23H21F3N8O/c1-33-17-5-3-2-4-16(17)29-22(33)32-21-30-19(27-10-11-35)18-20(31-21)34(13-28-18)12-14-6-8-15(9-7-14)23(24,25)26/h2-9,13,35H,10-12H2,1H3,(H2,27,29,30,31,32). The summed E-state index contributed by atoms with van der Waals surface area (Å²) in [7, 11) is 1.87. The van der Waals surface area contributed by atoms with Crippen molar-refractivity contribution in [2.24, 2.45) is 7.05 Å². The number of rotatable bonds is 7. The predicted molar refractivity (Wildman–Crippen MR) is 125 cm³/mol. The van der Waals surface area contributed by atoms with Crippen LogP contribution < -0.4 is 10.6 Å². The van der Waals surface area contributed by atoms with E-state index in [1.165, 1.54) is 12.1 Å². The van der Waals surface area contributed by atoms with Crippen LogP contribution in [0.25, 0.3) is 22.2 Å². The fourth-order valence-electron chi connectivity index (χ4n) is 3.77. The van der Waals surface area contributed by atoms with E-state index in [-0.39, 0.29) is 25.6 Å². The molecule has 0 saturated carbocycles. The number of alkyl halides is 3. The highest BCUT2D eigenvalue weighted by molar-refractivity contribution is 5.85. The van der Waals surface area contributed by atoms with Crippen molar-refractivity contribution in [1.82, 2.24) is 29.1 Å². The molecule has 2 aromatic carbocycles. The Balaban J connectivity index is 1.51. The molecule has 12 heteroatoms. The van der Waals surface area contributed by atoms with Gasteiger partial charge in [-0.2, -0.15) is 23.1 Å². The van der Waals surface area contributed by atoms with Gasteiger partial charge in [-0.3, -0.25) is 5.32 Å². The third-order valence-corrected chi connectivity index (χ3v) is 5.51. The summed E-state index contributed by atoms with van der Waals surface area (Å²) in [5, 5.41) is 15.4. The molecular formula is C23H21F3N8O. The summed E-state index contributed by atoms with van der Waals surface area (Å²) in [5.74, 6) is 1.20. The first-order valence-corrected chi connectivity index (χ1v) is 10.8. The summed E-state index contributed by atoms with van der Waals surface area (Å²) in [4.78, 5) is 18.1. The van der Waals surface area contributed by atoms with Crippen LogP contribution in [-0.2, 0) is 19.8 Å². The van der Waals surface area contributed by atoms with E-state index in [1.54, 1.807) is 10.9 Å². The normalized spacial score (nSPS) is 11.9. The number of benzene rings is 2. The first-order chi connectivity index (χ1) is 16.8. The number of nitrogens with one attached hydrogen (secondary N) is 2. The second kappa shape index (κ2) is 8.87. The Kier molecular flexibility index (Phi) is 5.73. The highest BCUT2D eigenvalue weighted by Gasteiger charge is 2.30. The molecule has 0 aliphatic rings. The maximum absolute atomic E-state index is 12.9. The predicted octanol–water partition coefficient (Wildman–Crippen LogP) is 3.93. The zero-order valence-corrected chi connectivity index (χ0v) is 18.6. The summed E-state index contributed by atoms with van der Waals surface area (Å²) >= 11 is 0. The van der Waals surface area contributed by atoms with E-state index in [2.05, 4.69) is 30.6 Å². The zero-order chi connectivity index (χ0) is 24.6. The molecule has 5 aromatic rings. The molecule has 3 heterocycles. The third-order valence-electron chi connectivity index (χ3n) is 5.51. The Morgan fingerprint density at radius 3 is 2.49 bits per heavy atom. The maximum atomic E-state index is 12.9. The van der Waals surface area contributed by atoms with Gasteiger partial charge in [-0.05, 0) is 29.8 Å². The van der Waals surface area contributed by atoms with Gasteiger partial charge < -0.3 is 19.6 Å². The van der Waals surface area contributed by atoms with E-state index in [4.69, 9.17) is 0 Å².